The molecule has 0 amide bonds. The largest absolute Gasteiger partial charge is 0.412 e. The average molecular weight is 384 g/mol. The van der Waals surface area contributed by atoms with E-state index in [0.29, 0.717) is 15.8 Å². The van der Waals surface area contributed by atoms with E-state index < -0.39 is 15.0 Å². The number of nitrogens with one attached hydrogen (secondary N) is 1. The molecule has 1 N–H and O–H groups in total. The van der Waals surface area contributed by atoms with Crippen molar-refractivity contribution in [2.45, 2.75) is 25.7 Å². The third-order valence-electron chi connectivity index (χ3n) is 3.51. The number of halogens is 1. The van der Waals surface area contributed by atoms with Gasteiger partial charge < -0.3 is 4.42 Å². The summed E-state index contributed by atoms with van der Waals surface area (Å²) in [6.45, 7) is 5.43. The number of benzene rings is 2. The van der Waals surface area contributed by atoms with E-state index in [1.54, 1.807) is 13.8 Å². The molecule has 0 aliphatic heterocycles. The summed E-state index contributed by atoms with van der Waals surface area (Å²) in [5.74, 6) is 0. The van der Waals surface area contributed by atoms with Crippen LogP contribution in [-0.4, -0.2) is 8.42 Å². The van der Waals surface area contributed by atoms with Crippen LogP contribution in [0.4, 0.5) is 5.69 Å². The molecule has 3 aromatic rings. The van der Waals surface area contributed by atoms with Crippen molar-refractivity contribution in [3.05, 3.63) is 55.7 Å². The SMILES string of the molecule is Cc1cc(C)c(S(=O)(=O)Nc2cc(Cl)c3oc(=O)sc3c2)c(C)c1. The van der Waals surface area contributed by atoms with Crippen molar-refractivity contribution in [2.24, 2.45) is 0 Å². The van der Waals surface area contributed by atoms with Crippen LogP contribution in [0.5, 0.6) is 0 Å². The van der Waals surface area contributed by atoms with E-state index in [4.69, 9.17) is 16.0 Å². The van der Waals surface area contributed by atoms with Crippen molar-refractivity contribution >= 4 is 48.9 Å². The Bertz CT molecular complexity index is 1090. The molecule has 0 saturated heterocycles. The van der Waals surface area contributed by atoms with Gasteiger partial charge in [0.1, 0.15) is 0 Å². The zero-order valence-corrected chi connectivity index (χ0v) is 15.5. The van der Waals surface area contributed by atoms with E-state index in [-0.39, 0.29) is 21.2 Å². The molecule has 0 spiro atoms. The first-order valence-corrected chi connectivity index (χ1v) is 9.69. The molecule has 0 fully saturated rings. The fraction of sp³-hybridized carbons (Fsp3) is 0.188. The third kappa shape index (κ3) is 3.07. The minimum Gasteiger partial charge on any atom is -0.412 e. The molecule has 0 radical (unpaired) electrons. The van der Waals surface area contributed by atoms with E-state index in [0.717, 1.165) is 16.9 Å². The number of aryl methyl sites for hydroxylation is 3. The summed E-state index contributed by atoms with van der Waals surface area (Å²) in [4.78, 5) is 11.1. The Morgan fingerprint density at radius 3 is 2.33 bits per heavy atom. The van der Waals surface area contributed by atoms with Crippen molar-refractivity contribution in [3.63, 3.8) is 0 Å². The van der Waals surface area contributed by atoms with Crippen molar-refractivity contribution in [2.75, 3.05) is 4.72 Å². The molecule has 24 heavy (non-hydrogen) atoms. The van der Waals surface area contributed by atoms with Gasteiger partial charge in [0.05, 0.1) is 20.3 Å². The number of anilines is 1. The number of fused-ring (bicyclic) bond motifs is 1. The van der Waals surface area contributed by atoms with Crippen LogP contribution in [0.2, 0.25) is 5.02 Å². The molecule has 0 aliphatic rings. The molecular formula is C16H14ClNO4S2. The molecule has 8 heteroatoms. The molecule has 1 aromatic heterocycles. The van der Waals surface area contributed by atoms with Gasteiger partial charge in [0, 0.05) is 0 Å². The third-order valence-corrected chi connectivity index (χ3v) is 6.25. The molecule has 0 unspecified atom stereocenters. The predicted octanol–water partition coefficient (Wildman–Crippen LogP) is 4.23. The number of rotatable bonds is 3. The van der Waals surface area contributed by atoms with Gasteiger partial charge in [0.25, 0.3) is 10.0 Å². The topological polar surface area (TPSA) is 76.4 Å². The van der Waals surface area contributed by atoms with Crippen molar-refractivity contribution < 1.29 is 12.8 Å². The summed E-state index contributed by atoms with van der Waals surface area (Å²) in [5.41, 5.74) is 2.87. The number of sulfonamides is 1. The highest BCUT2D eigenvalue weighted by Crippen LogP contribution is 2.31. The first-order valence-electron chi connectivity index (χ1n) is 7.01. The first kappa shape index (κ1) is 17.0. The highest BCUT2D eigenvalue weighted by molar-refractivity contribution is 7.92. The average Bonchev–Trinajstić information content (AvgIpc) is 2.77. The molecule has 0 aliphatic carbocycles. The molecule has 126 valence electrons. The van der Waals surface area contributed by atoms with Gasteiger partial charge in [-0.3, -0.25) is 4.72 Å². The van der Waals surface area contributed by atoms with Gasteiger partial charge in [-0.1, -0.05) is 40.6 Å². The van der Waals surface area contributed by atoms with Gasteiger partial charge in [-0.2, -0.15) is 0 Å². The first-order chi connectivity index (χ1) is 11.2. The molecule has 2 aromatic carbocycles. The van der Waals surface area contributed by atoms with Crippen LogP contribution in [0.3, 0.4) is 0 Å². The maximum absolute atomic E-state index is 12.8. The lowest BCUT2D eigenvalue weighted by Crippen LogP contribution is -2.16. The minimum absolute atomic E-state index is 0.181. The Balaban J connectivity index is 2.09. The predicted molar refractivity (Wildman–Crippen MR) is 96.8 cm³/mol. The second-order valence-electron chi connectivity index (χ2n) is 5.57. The maximum atomic E-state index is 12.8. The van der Waals surface area contributed by atoms with Crippen LogP contribution in [0.25, 0.3) is 10.3 Å². The van der Waals surface area contributed by atoms with E-state index in [1.165, 1.54) is 12.1 Å². The monoisotopic (exact) mass is 383 g/mol. The van der Waals surface area contributed by atoms with E-state index in [1.807, 2.05) is 19.1 Å². The van der Waals surface area contributed by atoms with Gasteiger partial charge in [0.2, 0.25) is 0 Å². The Morgan fingerprint density at radius 2 is 1.71 bits per heavy atom. The van der Waals surface area contributed by atoms with Gasteiger partial charge in [-0.25, -0.2) is 13.2 Å². The zero-order chi connectivity index (χ0) is 17.6. The summed E-state index contributed by atoms with van der Waals surface area (Å²) >= 11 is 6.94. The second kappa shape index (κ2) is 5.91. The van der Waals surface area contributed by atoms with Crippen molar-refractivity contribution in [3.8, 4) is 0 Å². The number of hydrogen-bond donors (Lipinski definition) is 1. The van der Waals surface area contributed by atoms with Gasteiger partial charge in [-0.15, -0.1) is 0 Å². The highest BCUT2D eigenvalue weighted by atomic mass is 35.5. The molecular weight excluding hydrogens is 370 g/mol. The van der Waals surface area contributed by atoms with Crippen LogP contribution in [0.1, 0.15) is 16.7 Å². The summed E-state index contributed by atoms with van der Waals surface area (Å²) in [7, 11) is -3.78. The van der Waals surface area contributed by atoms with Gasteiger partial charge >= 0.3 is 4.94 Å². The summed E-state index contributed by atoms with van der Waals surface area (Å²) in [5, 5.41) is 0.181. The van der Waals surface area contributed by atoms with Crippen LogP contribution in [0, 0.1) is 20.8 Å². The minimum atomic E-state index is -3.78. The Labute approximate surface area is 147 Å². The van der Waals surface area contributed by atoms with Gasteiger partial charge in [0.15, 0.2) is 5.58 Å². The lowest BCUT2D eigenvalue weighted by molar-refractivity contribution is 0.585. The molecule has 3 rings (SSSR count). The Kier molecular flexibility index (Phi) is 4.19. The second-order valence-corrected chi connectivity index (χ2v) is 8.58. The Morgan fingerprint density at radius 1 is 1.08 bits per heavy atom. The van der Waals surface area contributed by atoms with E-state index in [2.05, 4.69) is 4.72 Å². The maximum Gasteiger partial charge on any atom is 0.396 e. The molecule has 0 atom stereocenters. The fourth-order valence-electron chi connectivity index (χ4n) is 2.79. The highest BCUT2D eigenvalue weighted by Gasteiger charge is 2.21. The Hall–Kier alpha value is -1.83. The molecule has 1 heterocycles. The van der Waals surface area contributed by atoms with E-state index >= 15 is 0 Å². The van der Waals surface area contributed by atoms with Crippen molar-refractivity contribution in [1.82, 2.24) is 0 Å². The van der Waals surface area contributed by atoms with Crippen LogP contribution in [0.15, 0.2) is 38.4 Å². The number of hydrogen-bond acceptors (Lipinski definition) is 5. The lowest BCUT2D eigenvalue weighted by Gasteiger charge is -2.14. The quantitative estimate of drug-likeness (QED) is 0.734. The van der Waals surface area contributed by atoms with Crippen LogP contribution < -0.4 is 9.66 Å². The molecule has 0 bridgehead atoms. The standard InChI is InChI=1S/C16H14ClNO4S2/c1-8-4-9(2)15(10(3)5-8)24(20,21)18-11-6-12(17)14-13(7-11)23-16(19)22-14/h4-7,18H,1-3H3. The van der Waals surface area contributed by atoms with Crippen LogP contribution in [-0.2, 0) is 10.0 Å². The molecule has 0 saturated carbocycles. The summed E-state index contributed by atoms with van der Waals surface area (Å²) in [6, 6.07) is 6.60. The smallest absolute Gasteiger partial charge is 0.396 e. The molecule has 5 nitrogen and oxygen atoms in total. The summed E-state index contributed by atoms with van der Waals surface area (Å²) in [6.07, 6.45) is 0. The van der Waals surface area contributed by atoms with Crippen LogP contribution >= 0.6 is 22.9 Å². The van der Waals surface area contributed by atoms with Gasteiger partial charge in [-0.05, 0) is 44.0 Å². The van der Waals surface area contributed by atoms with Crippen molar-refractivity contribution in [1.29, 1.82) is 0 Å². The summed E-state index contributed by atoms with van der Waals surface area (Å²) < 4.78 is 33.5. The fourth-order valence-corrected chi connectivity index (χ4v) is 5.34. The lowest BCUT2D eigenvalue weighted by atomic mass is 10.1. The van der Waals surface area contributed by atoms with E-state index in [9.17, 15) is 13.2 Å². The normalized spacial score (nSPS) is 11.8. The zero-order valence-electron chi connectivity index (χ0n) is 13.1.